The van der Waals surface area contributed by atoms with Crippen LogP contribution in [0.2, 0.25) is 0 Å². The van der Waals surface area contributed by atoms with Gasteiger partial charge in [-0.1, -0.05) is 84.9 Å². The van der Waals surface area contributed by atoms with Gasteiger partial charge >= 0.3 is 0 Å². The molecule has 3 aromatic carbocycles. The Hall–Kier alpha value is -2.90. The molecule has 0 spiro atoms. The Labute approximate surface area is 152 Å². The molecular weight excluding hydrogens is 320 g/mol. The van der Waals surface area contributed by atoms with E-state index in [-0.39, 0.29) is 0 Å². The lowest BCUT2D eigenvalue weighted by Gasteiger charge is -2.09. The summed E-state index contributed by atoms with van der Waals surface area (Å²) in [5.41, 5.74) is 7.46. The second kappa shape index (κ2) is 7.33. The van der Waals surface area contributed by atoms with Crippen molar-refractivity contribution in [2.24, 2.45) is 0 Å². The Bertz CT molecular complexity index is 906. The Kier molecular flexibility index (Phi) is 4.58. The molecular formula is C24H18S. The first kappa shape index (κ1) is 15.6. The molecule has 0 amide bonds. The van der Waals surface area contributed by atoms with E-state index < -0.39 is 0 Å². The normalized spacial score (nSPS) is 10.4. The molecule has 4 aromatic rings. The van der Waals surface area contributed by atoms with Gasteiger partial charge in [0.15, 0.2) is 0 Å². The van der Waals surface area contributed by atoms with Crippen LogP contribution in [0.1, 0.15) is 16.7 Å². The van der Waals surface area contributed by atoms with Gasteiger partial charge in [0, 0.05) is 0 Å². The Morgan fingerprint density at radius 2 is 1.20 bits per heavy atom. The van der Waals surface area contributed by atoms with Crippen LogP contribution in [0, 0.1) is 0 Å². The summed E-state index contributed by atoms with van der Waals surface area (Å²) in [6.45, 7) is 0. The highest BCUT2D eigenvalue weighted by atomic mass is 32.1. The highest BCUT2D eigenvalue weighted by Crippen LogP contribution is 2.27. The van der Waals surface area contributed by atoms with Crippen molar-refractivity contribution in [1.29, 1.82) is 0 Å². The van der Waals surface area contributed by atoms with E-state index in [4.69, 9.17) is 0 Å². The van der Waals surface area contributed by atoms with Crippen molar-refractivity contribution in [1.82, 2.24) is 0 Å². The van der Waals surface area contributed by atoms with Gasteiger partial charge < -0.3 is 0 Å². The number of hydrogen-bond donors (Lipinski definition) is 0. The molecule has 0 bridgehead atoms. The van der Waals surface area contributed by atoms with Crippen LogP contribution >= 0.6 is 11.3 Å². The molecule has 0 atom stereocenters. The molecule has 0 fully saturated rings. The van der Waals surface area contributed by atoms with E-state index in [1.807, 2.05) is 0 Å². The summed E-state index contributed by atoms with van der Waals surface area (Å²) >= 11 is 1.73. The summed E-state index contributed by atoms with van der Waals surface area (Å²) in [5.74, 6) is 0. The first-order valence-electron chi connectivity index (χ1n) is 8.35. The highest BCUT2D eigenvalue weighted by molar-refractivity contribution is 7.08. The zero-order chi connectivity index (χ0) is 16.9. The quantitative estimate of drug-likeness (QED) is 0.351. The van der Waals surface area contributed by atoms with Gasteiger partial charge in [0.25, 0.3) is 0 Å². The van der Waals surface area contributed by atoms with Gasteiger partial charge in [-0.2, -0.15) is 11.3 Å². The molecule has 0 nitrogen and oxygen atoms in total. The van der Waals surface area contributed by atoms with Gasteiger partial charge in [0.05, 0.1) is 0 Å². The summed E-state index contributed by atoms with van der Waals surface area (Å²) in [4.78, 5) is 0. The average molecular weight is 338 g/mol. The second-order valence-electron chi connectivity index (χ2n) is 5.92. The third-order valence-electron chi connectivity index (χ3n) is 4.25. The lowest BCUT2D eigenvalue weighted by molar-refractivity contribution is 1.55. The van der Waals surface area contributed by atoms with Crippen molar-refractivity contribution >= 4 is 23.0 Å². The lowest BCUT2D eigenvalue weighted by atomic mass is 9.95. The highest BCUT2D eigenvalue weighted by Gasteiger charge is 2.05. The van der Waals surface area contributed by atoms with Gasteiger partial charge in [0.2, 0.25) is 0 Å². The monoisotopic (exact) mass is 338 g/mol. The zero-order valence-corrected chi connectivity index (χ0v) is 14.6. The van der Waals surface area contributed by atoms with Gasteiger partial charge in [-0.25, -0.2) is 0 Å². The topological polar surface area (TPSA) is 0 Å². The first-order valence-corrected chi connectivity index (χ1v) is 9.29. The molecule has 1 heteroatoms. The molecule has 0 aliphatic rings. The fourth-order valence-electron chi connectivity index (χ4n) is 2.94. The standard InChI is InChI=1S/C24H18S/c1-3-7-21(8-4-1)24(22-9-5-2-6-10-22)17-19-11-13-20(14-12-19)23-15-16-25-18-23/h1-18H. The van der Waals surface area contributed by atoms with Crippen LogP contribution in [0.3, 0.4) is 0 Å². The van der Waals surface area contributed by atoms with Crippen molar-refractivity contribution < 1.29 is 0 Å². The number of hydrogen-bond acceptors (Lipinski definition) is 1. The molecule has 0 saturated heterocycles. The van der Waals surface area contributed by atoms with E-state index in [1.165, 1.54) is 33.4 Å². The van der Waals surface area contributed by atoms with Gasteiger partial charge in [-0.3, -0.25) is 0 Å². The van der Waals surface area contributed by atoms with E-state index in [1.54, 1.807) is 11.3 Å². The van der Waals surface area contributed by atoms with Crippen LogP contribution in [-0.2, 0) is 0 Å². The lowest BCUT2D eigenvalue weighted by Crippen LogP contribution is -1.88. The molecule has 25 heavy (non-hydrogen) atoms. The number of thiophene rings is 1. The maximum atomic E-state index is 2.27. The van der Waals surface area contributed by atoms with Crippen molar-refractivity contribution in [2.45, 2.75) is 0 Å². The summed E-state index contributed by atoms with van der Waals surface area (Å²) in [6.07, 6.45) is 2.27. The minimum atomic E-state index is 1.21. The Morgan fingerprint density at radius 3 is 1.72 bits per heavy atom. The van der Waals surface area contributed by atoms with Gasteiger partial charge in [-0.15, -0.1) is 0 Å². The van der Waals surface area contributed by atoms with Crippen LogP contribution in [0.15, 0.2) is 102 Å². The second-order valence-corrected chi connectivity index (χ2v) is 6.70. The van der Waals surface area contributed by atoms with Crippen molar-refractivity contribution in [3.05, 3.63) is 118 Å². The van der Waals surface area contributed by atoms with E-state index in [0.717, 1.165) is 0 Å². The molecule has 0 unspecified atom stereocenters. The third kappa shape index (κ3) is 3.62. The predicted octanol–water partition coefficient (Wildman–Crippen LogP) is 7.00. The van der Waals surface area contributed by atoms with Crippen LogP contribution in [-0.4, -0.2) is 0 Å². The summed E-state index contributed by atoms with van der Waals surface area (Å²) < 4.78 is 0. The van der Waals surface area contributed by atoms with Crippen LogP contribution in [0.4, 0.5) is 0 Å². The third-order valence-corrected chi connectivity index (χ3v) is 4.93. The molecule has 120 valence electrons. The molecule has 0 aliphatic heterocycles. The maximum Gasteiger partial charge on any atom is -0.00147 e. The molecule has 0 aliphatic carbocycles. The first-order chi connectivity index (χ1) is 12.4. The van der Waals surface area contributed by atoms with Gasteiger partial charge in [0.1, 0.15) is 0 Å². The average Bonchev–Trinajstić information content (AvgIpc) is 3.23. The minimum Gasteiger partial charge on any atom is -0.152 e. The largest absolute Gasteiger partial charge is 0.152 e. The molecule has 0 saturated carbocycles. The van der Waals surface area contributed by atoms with Crippen LogP contribution in [0.25, 0.3) is 22.8 Å². The summed E-state index contributed by atoms with van der Waals surface area (Å²) in [7, 11) is 0. The summed E-state index contributed by atoms with van der Waals surface area (Å²) in [6, 6.07) is 32.1. The van der Waals surface area contributed by atoms with Crippen LogP contribution < -0.4 is 0 Å². The fourth-order valence-corrected chi connectivity index (χ4v) is 3.60. The number of rotatable bonds is 4. The van der Waals surface area contributed by atoms with E-state index in [0.29, 0.717) is 0 Å². The van der Waals surface area contributed by atoms with Crippen molar-refractivity contribution in [3.8, 4) is 11.1 Å². The maximum absolute atomic E-state index is 2.27. The van der Waals surface area contributed by atoms with Crippen LogP contribution in [0.5, 0.6) is 0 Å². The number of benzene rings is 3. The van der Waals surface area contributed by atoms with Crippen molar-refractivity contribution in [2.75, 3.05) is 0 Å². The minimum absolute atomic E-state index is 1.21. The van der Waals surface area contributed by atoms with E-state index in [9.17, 15) is 0 Å². The van der Waals surface area contributed by atoms with E-state index >= 15 is 0 Å². The zero-order valence-electron chi connectivity index (χ0n) is 13.8. The SMILES string of the molecule is C(=C(c1ccccc1)c1ccccc1)c1ccc(-c2ccsc2)cc1. The Morgan fingerprint density at radius 1 is 0.600 bits per heavy atom. The smallest absolute Gasteiger partial charge is 0.00147 e. The molecule has 0 N–H and O–H groups in total. The molecule has 0 radical (unpaired) electrons. The molecule has 1 aromatic heterocycles. The van der Waals surface area contributed by atoms with Crippen molar-refractivity contribution in [3.63, 3.8) is 0 Å². The van der Waals surface area contributed by atoms with E-state index in [2.05, 4.69) is 108 Å². The molecule has 4 rings (SSSR count). The summed E-state index contributed by atoms with van der Waals surface area (Å²) in [5, 5.41) is 4.30. The fraction of sp³-hybridized carbons (Fsp3) is 0. The van der Waals surface area contributed by atoms with Gasteiger partial charge in [-0.05, 0) is 56.3 Å². The predicted molar refractivity (Wildman–Crippen MR) is 110 cm³/mol. The molecule has 1 heterocycles. The Balaban J connectivity index is 1.74.